The van der Waals surface area contributed by atoms with E-state index in [4.69, 9.17) is 14.2 Å². The second-order valence-corrected chi connectivity index (χ2v) is 21.0. The van der Waals surface area contributed by atoms with Gasteiger partial charge in [0.2, 0.25) is 0 Å². The van der Waals surface area contributed by atoms with Crippen LogP contribution in [0.3, 0.4) is 0 Å². The Morgan fingerprint density at radius 2 is 0.514 bits per heavy atom. The molecule has 0 aliphatic heterocycles. The first kappa shape index (κ1) is 67.6. The third-order valence-corrected chi connectivity index (χ3v) is 13.9. The van der Waals surface area contributed by atoms with Gasteiger partial charge in [-0.05, 0) is 77.0 Å². The third kappa shape index (κ3) is 56.5. The van der Waals surface area contributed by atoms with Gasteiger partial charge in [0.05, 0.1) is 0 Å². The number of hydrogen-bond acceptors (Lipinski definition) is 6. The van der Waals surface area contributed by atoms with Crippen LogP contribution in [0.1, 0.15) is 335 Å². The molecule has 6 heteroatoms. The molecule has 1 atom stereocenters. The third-order valence-electron chi connectivity index (χ3n) is 13.9. The van der Waals surface area contributed by atoms with E-state index in [2.05, 4.69) is 57.2 Å². The lowest BCUT2D eigenvalue weighted by atomic mass is 10.0. The minimum absolute atomic E-state index is 0.0741. The predicted octanol–water partition coefficient (Wildman–Crippen LogP) is 20.8. The number of rotatable bonds is 57. The Balaban J connectivity index is 4.04. The van der Waals surface area contributed by atoms with Crippen LogP contribution >= 0.6 is 0 Å². The SMILES string of the molecule is CCCCCC/C=C\C/C=C\CCCCCCCC(=O)OC(COC(=O)CCCCCCCCC)COC(=O)CCCCCCCCCCCCCCCCCCC/C=C\CCCCCCCCCC. The highest BCUT2D eigenvalue weighted by Gasteiger charge is 2.19. The molecular weight excluding hydrogens is 865 g/mol. The highest BCUT2D eigenvalue weighted by molar-refractivity contribution is 5.71. The van der Waals surface area contributed by atoms with Gasteiger partial charge < -0.3 is 14.2 Å². The van der Waals surface area contributed by atoms with E-state index in [1.807, 2.05) is 0 Å². The number of hydrogen-bond donors (Lipinski definition) is 0. The van der Waals surface area contributed by atoms with Crippen molar-refractivity contribution in [2.45, 2.75) is 341 Å². The summed E-state index contributed by atoms with van der Waals surface area (Å²) >= 11 is 0. The molecule has 410 valence electrons. The summed E-state index contributed by atoms with van der Waals surface area (Å²) in [5, 5.41) is 0. The lowest BCUT2D eigenvalue weighted by Gasteiger charge is -2.18. The number of unbranched alkanes of at least 4 members (excludes halogenated alkanes) is 40. The molecule has 0 radical (unpaired) electrons. The topological polar surface area (TPSA) is 78.9 Å². The van der Waals surface area contributed by atoms with Crippen LogP contribution in [-0.4, -0.2) is 37.2 Å². The maximum absolute atomic E-state index is 12.8. The van der Waals surface area contributed by atoms with Gasteiger partial charge in [-0.15, -0.1) is 0 Å². The molecule has 1 unspecified atom stereocenters. The van der Waals surface area contributed by atoms with Gasteiger partial charge in [-0.25, -0.2) is 0 Å². The highest BCUT2D eigenvalue weighted by atomic mass is 16.6. The number of esters is 3. The first-order valence-corrected chi connectivity index (χ1v) is 31.0. The molecule has 0 amide bonds. The average Bonchev–Trinajstić information content (AvgIpc) is 3.36. The molecule has 0 bridgehead atoms. The molecule has 0 saturated carbocycles. The van der Waals surface area contributed by atoms with Gasteiger partial charge in [-0.3, -0.25) is 14.4 Å². The van der Waals surface area contributed by atoms with E-state index in [9.17, 15) is 14.4 Å². The Bertz CT molecular complexity index is 1170. The average molecular weight is 984 g/mol. The van der Waals surface area contributed by atoms with Crippen LogP contribution in [0.25, 0.3) is 0 Å². The van der Waals surface area contributed by atoms with Gasteiger partial charge in [0.15, 0.2) is 6.10 Å². The van der Waals surface area contributed by atoms with E-state index in [1.54, 1.807) is 0 Å². The Labute approximate surface area is 435 Å². The number of ether oxygens (including phenoxy) is 3. The number of carbonyl (C=O) groups excluding carboxylic acids is 3. The van der Waals surface area contributed by atoms with Crippen molar-refractivity contribution in [1.82, 2.24) is 0 Å². The quantitative estimate of drug-likeness (QED) is 0.0261. The summed E-state index contributed by atoms with van der Waals surface area (Å²) in [6.45, 7) is 6.61. The fraction of sp³-hybridized carbons (Fsp3) is 0.859. The molecule has 0 heterocycles. The Morgan fingerprint density at radius 3 is 0.814 bits per heavy atom. The van der Waals surface area contributed by atoms with E-state index in [-0.39, 0.29) is 31.1 Å². The maximum atomic E-state index is 12.8. The molecule has 0 aromatic carbocycles. The van der Waals surface area contributed by atoms with E-state index in [0.717, 1.165) is 83.5 Å². The van der Waals surface area contributed by atoms with Crippen molar-refractivity contribution in [3.63, 3.8) is 0 Å². The zero-order valence-corrected chi connectivity index (χ0v) is 47.1. The summed E-state index contributed by atoms with van der Waals surface area (Å²) < 4.78 is 16.8. The molecule has 0 aliphatic rings. The van der Waals surface area contributed by atoms with Gasteiger partial charge in [-0.2, -0.15) is 0 Å². The second kappa shape index (κ2) is 59.2. The highest BCUT2D eigenvalue weighted by Crippen LogP contribution is 2.17. The summed E-state index contributed by atoms with van der Waals surface area (Å²) in [5.74, 6) is -0.878. The molecule has 70 heavy (non-hydrogen) atoms. The van der Waals surface area contributed by atoms with E-state index < -0.39 is 6.10 Å². The van der Waals surface area contributed by atoms with E-state index >= 15 is 0 Å². The van der Waals surface area contributed by atoms with Crippen molar-refractivity contribution in [1.29, 1.82) is 0 Å². The summed E-state index contributed by atoms with van der Waals surface area (Å²) in [6, 6.07) is 0. The molecular formula is C64H118O6. The molecule has 0 aromatic rings. The van der Waals surface area contributed by atoms with Crippen LogP contribution < -0.4 is 0 Å². The van der Waals surface area contributed by atoms with Crippen LogP contribution in [-0.2, 0) is 28.6 Å². The normalized spacial score (nSPS) is 12.2. The minimum Gasteiger partial charge on any atom is -0.462 e. The zero-order valence-electron chi connectivity index (χ0n) is 47.1. The van der Waals surface area contributed by atoms with Gasteiger partial charge in [0.1, 0.15) is 13.2 Å². The first-order chi connectivity index (χ1) is 34.5. The summed E-state index contributed by atoms with van der Waals surface area (Å²) in [6.07, 6.45) is 71.8. The summed E-state index contributed by atoms with van der Waals surface area (Å²) in [5.41, 5.74) is 0. The van der Waals surface area contributed by atoms with Crippen molar-refractivity contribution in [2.75, 3.05) is 13.2 Å². The van der Waals surface area contributed by atoms with Crippen molar-refractivity contribution in [2.24, 2.45) is 0 Å². The van der Waals surface area contributed by atoms with Gasteiger partial charge in [0.25, 0.3) is 0 Å². The maximum Gasteiger partial charge on any atom is 0.306 e. The van der Waals surface area contributed by atoms with Crippen molar-refractivity contribution < 1.29 is 28.6 Å². The second-order valence-electron chi connectivity index (χ2n) is 21.0. The lowest BCUT2D eigenvalue weighted by molar-refractivity contribution is -0.167. The van der Waals surface area contributed by atoms with Crippen LogP contribution in [0.4, 0.5) is 0 Å². The molecule has 0 aliphatic carbocycles. The predicted molar refractivity (Wildman–Crippen MR) is 302 cm³/mol. The molecule has 0 N–H and O–H groups in total. The van der Waals surface area contributed by atoms with Gasteiger partial charge >= 0.3 is 17.9 Å². The Hall–Kier alpha value is -2.37. The van der Waals surface area contributed by atoms with Crippen LogP contribution in [0.15, 0.2) is 36.5 Å². The monoisotopic (exact) mass is 983 g/mol. The molecule has 0 rings (SSSR count). The molecule has 0 saturated heterocycles. The standard InChI is InChI=1S/C64H118O6/c1-4-7-10-13-16-18-20-22-24-26-27-28-29-30-31-32-33-34-35-36-37-38-40-41-43-45-48-51-54-57-63(66)69-60-61(59-68-62(65)56-53-50-47-15-12-9-6-3)70-64(67)58-55-52-49-46-44-42-39-25-23-21-19-17-14-11-8-5-2/h19,21,25-27,39,61H,4-18,20,22-24,28-38,40-60H2,1-3H3/b21-19-,27-26-,39-25-. The van der Waals surface area contributed by atoms with Crippen LogP contribution in [0.5, 0.6) is 0 Å². The van der Waals surface area contributed by atoms with Crippen LogP contribution in [0.2, 0.25) is 0 Å². The lowest BCUT2D eigenvalue weighted by Crippen LogP contribution is -2.30. The van der Waals surface area contributed by atoms with E-state index in [0.29, 0.717) is 19.3 Å². The van der Waals surface area contributed by atoms with Gasteiger partial charge in [-0.1, -0.05) is 276 Å². The molecule has 6 nitrogen and oxygen atoms in total. The fourth-order valence-corrected chi connectivity index (χ4v) is 9.18. The number of allylic oxidation sites excluding steroid dienone is 6. The smallest absolute Gasteiger partial charge is 0.306 e. The summed E-state index contributed by atoms with van der Waals surface area (Å²) in [7, 11) is 0. The fourth-order valence-electron chi connectivity index (χ4n) is 9.18. The minimum atomic E-state index is -0.774. The van der Waals surface area contributed by atoms with Crippen LogP contribution in [0, 0.1) is 0 Å². The van der Waals surface area contributed by atoms with E-state index in [1.165, 1.54) is 212 Å². The van der Waals surface area contributed by atoms with Crippen molar-refractivity contribution >= 4 is 17.9 Å². The van der Waals surface area contributed by atoms with Crippen molar-refractivity contribution in [3.8, 4) is 0 Å². The summed E-state index contributed by atoms with van der Waals surface area (Å²) in [4.78, 5) is 38.0. The largest absolute Gasteiger partial charge is 0.462 e. The zero-order chi connectivity index (χ0) is 50.7. The molecule has 0 fully saturated rings. The molecule has 0 spiro atoms. The number of carbonyl (C=O) groups is 3. The Kier molecular flexibility index (Phi) is 57.2. The Morgan fingerprint density at radius 1 is 0.286 bits per heavy atom. The van der Waals surface area contributed by atoms with Crippen molar-refractivity contribution in [3.05, 3.63) is 36.5 Å². The molecule has 0 aromatic heterocycles. The van der Waals surface area contributed by atoms with Gasteiger partial charge in [0, 0.05) is 19.3 Å². The first-order valence-electron chi connectivity index (χ1n) is 31.0.